The van der Waals surface area contributed by atoms with E-state index >= 15 is 0 Å². The number of pyridine rings is 1. The molecule has 1 aliphatic heterocycles. The van der Waals surface area contributed by atoms with E-state index in [4.69, 9.17) is 0 Å². The molecule has 0 radical (unpaired) electrons. The number of nitrogens with zero attached hydrogens (tertiary/aromatic N) is 2. The number of carbonyl (C=O) groups excluding carboxylic acids is 1. The van der Waals surface area contributed by atoms with Gasteiger partial charge in [0.25, 0.3) is 5.91 Å². The Morgan fingerprint density at radius 3 is 2.95 bits per heavy atom. The molecule has 2 aromatic rings. The van der Waals surface area contributed by atoms with Gasteiger partial charge in [0.2, 0.25) is 0 Å². The number of carbonyl (C=O) groups is 2. The van der Waals surface area contributed by atoms with Crippen molar-refractivity contribution in [1.29, 1.82) is 0 Å². The monoisotopic (exact) mass is 288 g/mol. The largest absolute Gasteiger partial charge is 0.480 e. The highest BCUT2D eigenvalue weighted by Gasteiger charge is 2.35. The summed E-state index contributed by atoms with van der Waals surface area (Å²) >= 11 is 1.46. The van der Waals surface area contributed by atoms with E-state index in [1.165, 1.54) is 16.7 Å². The second-order valence-corrected chi connectivity index (χ2v) is 5.50. The van der Waals surface area contributed by atoms with Gasteiger partial charge in [-0.05, 0) is 18.2 Å². The fourth-order valence-corrected chi connectivity index (χ4v) is 3.44. The highest BCUT2D eigenvalue weighted by Crippen LogP contribution is 2.26. The van der Waals surface area contributed by atoms with Gasteiger partial charge in [0.15, 0.2) is 0 Å². The van der Waals surface area contributed by atoms with Crippen LogP contribution >= 0.6 is 11.8 Å². The number of amides is 1. The Morgan fingerprint density at radius 2 is 2.15 bits per heavy atom. The minimum absolute atomic E-state index is 0.249. The maximum Gasteiger partial charge on any atom is 0.327 e. The van der Waals surface area contributed by atoms with Gasteiger partial charge in [-0.25, -0.2) is 4.79 Å². The third-order valence-electron chi connectivity index (χ3n) is 3.30. The molecular weight excluding hydrogens is 276 g/mol. The van der Waals surface area contributed by atoms with Crippen molar-refractivity contribution >= 4 is 34.5 Å². The van der Waals surface area contributed by atoms with Crippen LogP contribution in [-0.4, -0.2) is 44.5 Å². The maximum absolute atomic E-state index is 12.6. The Morgan fingerprint density at radius 1 is 1.30 bits per heavy atom. The lowest BCUT2D eigenvalue weighted by atomic mass is 10.1. The molecule has 102 valence electrons. The summed E-state index contributed by atoms with van der Waals surface area (Å²) in [7, 11) is 0. The zero-order valence-corrected chi connectivity index (χ0v) is 11.3. The number of benzene rings is 1. The number of hydrogen-bond donors (Lipinski definition) is 1. The molecule has 1 amide bonds. The molecule has 2 heterocycles. The van der Waals surface area contributed by atoms with Crippen LogP contribution in [0.1, 0.15) is 10.4 Å². The van der Waals surface area contributed by atoms with Crippen LogP contribution in [0, 0.1) is 0 Å². The number of thioether (sulfide) groups is 1. The van der Waals surface area contributed by atoms with E-state index in [0.29, 0.717) is 17.2 Å². The smallest absolute Gasteiger partial charge is 0.327 e. The number of rotatable bonds is 2. The summed E-state index contributed by atoms with van der Waals surface area (Å²) in [6.45, 7) is 0. The molecular formula is C14H12N2O3S. The zero-order valence-electron chi connectivity index (χ0n) is 10.5. The van der Waals surface area contributed by atoms with Gasteiger partial charge >= 0.3 is 5.97 Å². The fraction of sp³-hybridized carbons (Fsp3) is 0.214. The lowest BCUT2D eigenvalue weighted by Crippen LogP contribution is -2.41. The first-order valence-electron chi connectivity index (χ1n) is 6.14. The average molecular weight is 288 g/mol. The summed E-state index contributed by atoms with van der Waals surface area (Å²) in [5, 5.41) is 9.92. The van der Waals surface area contributed by atoms with Gasteiger partial charge in [0.05, 0.1) is 11.4 Å². The van der Waals surface area contributed by atoms with Crippen molar-refractivity contribution in [3.63, 3.8) is 0 Å². The highest BCUT2D eigenvalue weighted by atomic mass is 32.2. The van der Waals surface area contributed by atoms with Crippen molar-refractivity contribution in [2.24, 2.45) is 0 Å². The first-order chi connectivity index (χ1) is 9.68. The lowest BCUT2D eigenvalue weighted by molar-refractivity contribution is -0.140. The van der Waals surface area contributed by atoms with Crippen LogP contribution in [0.2, 0.25) is 0 Å². The molecule has 6 heteroatoms. The first kappa shape index (κ1) is 12.9. The number of hydrogen-bond acceptors (Lipinski definition) is 4. The Kier molecular flexibility index (Phi) is 3.31. The summed E-state index contributed by atoms with van der Waals surface area (Å²) in [6, 6.07) is 8.16. The van der Waals surface area contributed by atoms with E-state index in [1.807, 2.05) is 12.1 Å². The summed E-state index contributed by atoms with van der Waals surface area (Å²) < 4.78 is 0. The molecule has 0 aliphatic carbocycles. The Bertz CT molecular complexity index is 684. The molecule has 1 fully saturated rings. The molecule has 0 spiro atoms. The van der Waals surface area contributed by atoms with Gasteiger partial charge < -0.3 is 10.0 Å². The minimum atomic E-state index is -0.957. The first-order valence-corrected chi connectivity index (χ1v) is 7.29. The topological polar surface area (TPSA) is 70.5 Å². The summed E-state index contributed by atoms with van der Waals surface area (Å²) in [4.78, 5) is 29.4. The van der Waals surface area contributed by atoms with Crippen LogP contribution in [0.4, 0.5) is 0 Å². The molecule has 1 aliphatic rings. The van der Waals surface area contributed by atoms with E-state index in [1.54, 1.807) is 24.4 Å². The van der Waals surface area contributed by atoms with Crippen LogP contribution in [0.3, 0.4) is 0 Å². The average Bonchev–Trinajstić information content (AvgIpc) is 2.95. The van der Waals surface area contributed by atoms with Gasteiger partial charge in [0.1, 0.15) is 6.04 Å². The number of carboxylic acids is 1. The molecule has 1 aromatic carbocycles. The molecule has 0 saturated carbocycles. The second-order valence-electron chi connectivity index (χ2n) is 4.50. The third kappa shape index (κ3) is 2.12. The third-order valence-corrected chi connectivity index (χ3v) is 4.32. The zero-order chi connectivity index (χ0) is 14.1. The Labute approximate surface area is 119 Å². The SMILES string of the molecule is O=C(O)[C@@H]1CSCN1C(=O)c1cccc2ncccc12. The van der Waals surface area contributed by atoms with Crippen molar-refractivity contribution < 1.29 is 14.7 Å². The highest BCUT2D eigenvalue weighted by molar-refractivity contribution is 7.99. The minimum Gasteiger partial charge on any atom is -0.480 e. The predicted octanol–water partition coefficient (Wildman–Crippen LogP) is 1.83. The van der Waals surface area contributed by atoms with Gasteiger partial charge in [0, 0.05) is 22.9 Å². The number of aliphatic carboxylic acids is 1. The maximum atomic E-state index is 12.6. The quantitative estimate of drug-likeness (QED) is 0.913. The molecule has 0 unspecified atom stereocenters. The van der Waals surface area contributed by atoms with Crippen LogP contribution in [0.15, 0.2) is 36.5 Å². The van der Waals surface area contributed by atoms with E-state index < -0.39 is 12.0 Å². The summed E-state index contributed by atoms with van der Waals surface area (Å²) in [5.41, 5.74) is 1.24. The predicted molar refractivity (Wildman–Crippen MR) is 76.7 cm³/mol. The number of fused-ring (bicyclic) bond motifs is 1. The molecule has 20 heavy (non-hydrogen) atoms. The Hall–Kier alpha value is -2.08. The number of aromatic nitrogens is 1. The van der Waals surface area contributed by atoms with Crippen LogP contribution in [0.25, 0.3) is 10.9 Å². The van der Waals surface area contributed by atoms with E-state index in [0.717, 1.165) is 10.9 Å². The van der Waals surface area contributed by atoms with Crippen molar-refractivity contribution in [2.75, 3.05) is 11.6 Å². The standard InChI is InChI=1S/C14H12N2O3S/c17-13(16-8-20-7-12(16)14(18)19)10-3-1-5-11-9(10)4-2-6-15-11/h1-6,12H,7-8H2,(H,18,19)/t12-/m0/s1. The fourth-order valence-electron chi connectivity index (χ4n) is 2.29. The van der Waals surface area contributed by atoms with Crippen molar-refractivity contribution in [1.82, 2.24) is 9.88 Å². The summed E-state index contributed by atoms with van der Waals surface area (Å²) in [6.07, 6.45) is 1.67. The molecule has 1 atom stereocenters. The normalized spacial score (nSPS) is 18.4. The molecule has 1 aromatic heterocycles. The van der Waals surface area contributed by atoms with Gasteiger partial charge in [-0.3, -0.25) is 9.78 Å². The van der Waals surface area contributed by atoms with Crippen molar-refractivity contribution in [3.05, 3.63) is 42.1 Å². The molecule has 5 nitrogen and oxygen atoms in total. The van der Waals surface area contributed by atoms with Crippen molar-refractivity contribution in [2.45, 2.75) is 6.04 Å². The lowest BCUT2D eigenvalue weighted by Gasteiger charge is -2.21. The second kappa shape index (κ2) is 5.13. The molecule has 1 N–H and O–H groups in total. The summed E-state index contributed by atoms with van der Waals surface area (Å²) in [5.74, 6) is -0.362. The van der Waals surface area contributed by atoms with Gasteiger partial charge in [-0.1, -0.05) is 12.1 Å². The molecule has 1 saturated heterocycles. The van der Waals surface area contributed by atoms with E-state index in [2.05, 4.69) is 4.98 Å². The van der Waals surface area contributed by atoms with Gasteiger partial charge in [-0.15, -0.1) is 11.8 Å². The van der Waals surface area contributed by atoms with Crippen molar-refractivity contribution in [3.8, 4) is 0 Å². The van der Waals surface area contributed by atoms with Gasteiger partial charge in [-0.2, -0.15) is 0 Å². The Balaban J connectivity index is 2.03. The van der Waals surface area contributed by atoms with Crippen LogP contribution in [-0.2, 0) is 4.79 Å². The van der Waals surface area contributed by atoms with Crippen LogP contribution in [0.5, 0.6) is 0 Å². The van der Waals surface area contributed by atoms with E-state index in [9.17, 15) is 14.7 Å². The molecule has 3 rings (SSSR count). The molecule has 0 bridgehead atoms. The number of carboxylic acid groups (broad SMARTS) is 1. The van der Waals surface area contributed by atoms with Crippen LogP contribution < -0.4 is 0 Å². The van der Waals surface area contributed by atoms with E-state index in [-0.39, 0.29) is 5.91 Å².